The van der Waals surface area contributed by atoms with Crippen LogP contribution in [0.1, 0.15) is 10.7 Å². The van der Waals surface area contributed by atoms with Crippen molar-refractivity contribution >= 4 is 37.5 Å². The number of alkyl halides is 1. The lowest BCUT2D eigenvalue weighted by molar-refractivity contribution is 0.628. The topological polar surface area (TPSA) is 45.8 Å². The van der Waals surface area contributed by atoms with Gasteiger partial charge in [-0.3, -0.25) is 4.79 Å². The summed E-state index contributed by atoms with van der Waals surface area (Å²) in [6.45, 7) is 1.95. The van der Waals surface area contributed by atoms with Crippen molar-refractivity contribution in [3.63, 3.8) is 0 Å². The Labute approximate surface area is 133 Å². The summed E-state index contributed by atoms with van der Waals surface area (Å²) in [7, 11) is 0. The predicted molar refractivity (Wildman–Crippen MR) is 87.9 cm³/mol. The van der Waals surface area contributed by atoms with E-state index in [1.807, 2.05) is 6.92 Å². The van der Waals surface area contributed by atoms with Crippen molar-refractivity contribution in [3.05, 3.63) is 51.1 Å². The molecule has 0 aliphatic carbocycles. The van der Waals surface area contributed by atoms with Crippen molar-refractivity contribution in [2.45, 2.75) is 13.3 Å². The first kappa shape index (κ1) is 14.4. The van der Waals surface area contributed by atoms with Crippen LogP contribution in [0.3, 0.4) is 0 Å². The molecule has 0 saturated carbocycles. The Hall–Kier alpha value is -1.53. The van der Waals surface area contributed by atoms with Crippen LogP contribution in [0.15, 0.2) is 29.1 Å². The van der Waals surface area contributed by atoms with Crippen molar-refractivity contribution in [2.24, 2.45) is 0 Å². The molecule has 0 amide bonds. The number of rotatable bonds is 3. The van der Waals surface area contributed by atoms with Crippen LogP contribution in [0.4, 0.5) is 4.39 Å². The molecule has 3 nitrogen and oxygen atoms in total. The fourth-order valence-corrected chi connectivity index (χ4v) is 3.78. The smallest absolute Gasteiger partial charge is 0.260 e. The third-order valence-corrected chi connectivity index (χ3v) is 4.65. The third kappa shape index (κ3) is 2.65. The molecule has 3 rings (SSSR count). The highest BCUT2D eigenvalue weighted by atomic mass is 79.9. The van der Waals surface area contributed by atoms with Gasteiger partial charge < -0.3 is 4.98 Å². The van der Waals surface area contributed by atoms with Gasteiger partial charge in [-0.1, -0.05) is 28.1 Å². The molecule has 3 aromatic rings. The molecule has 1 aromatic carbocycles. The number of aryl methyl sites for hydroxylation is 2. The number of hydrogen-bond donors (Lipinski definition) is 1. The minimum atomic E-state index is -0.289. The van der Waals surface area contributed by atoms with Crippen LogP contribution in [0.25, 0.3) is 21.3 Å². The first-order chi connectivity index (χ1) is 10.1. The summed E-state index contributed by atoms with van der Waals surface area (Å²) >= 11 is 4.84. The molecular formula is C15H12BrFN2OS. The molecule has 0 fully saturated rings. The molecule has 0 saturated heterocycles. The molecule has 0 radical (unpaired) electrons. The number of nitrogens with one attached hydrogen (secondary N) is 1. The second kappa shape index (κ2) is 5.69. The van der Waals surface area contributed by atoms with Gasteiger partial charge in [0.25, 0.3) is 5.56 Å². The first-order valence-corrected chi connectivity index (χ1v) is 8.38. The zero-order valence-electron chi connectivity index (χ0n) is 11.2. The van der Waals surface area contributed by atoms with Gasteiger partial charge in [-0.05, 0) is 24.6 Å². The standard InChI is InChI=1S/C15H12BrFN2OS/c1-8-12(9-2-4-10(17)5-3-9)13-14(20)18-11(6-7-16)19-15(13)21-8/h2-5H,6-7H2,1H3,(H,18,19,20). The average molecular weight is 367 g/mol. The lowest BCUT2D eigenvalue weighted by atomic mass is 10.0. The molecule has 1 N–H and O–H groups in total. The molecule has 0 unspecified atom stereocenters. The largest absolute Gasteiger partial charge is 0.310 e. The molecule has 21 heavy (non-hydrogen) atoms. The molecular weight excluding hydrogens is 355 g/mol. The highest BCUT2D eigenvalue weighted by Crippen LogP contribution is 2.35. The number of H-pyrrole nitrogens is 1. The Bertz CT molecular complexity index is 854. The number of halogens is 2. The molecule has 0 atom stereocenters. The summed E-state index contributed by atoms with van der Waals surface area (Å²) in [4.78, 5) is 21.4. The van der Waals surface area contributed by atoms with Gasteiger partial charge in [0, 0.05) is 22.2 Å². The van der Waals surface area contributed by atoms with Crippen LogP contribution in [0.2, 0.25) is 0 Å². The van der Waals surface area contributed by atoms with Gasteiger partial charge >= 0.3 is 0 Å². The van der Waals surface area contributed by atoms with E-state index < -0.39 is 0 Å². The maximum absolute atomic E-state index is 13.1. The Morgan fingerprint density at radius 3 is 2.71 bits per heavy atom. The Kier molecular flexibility index (Phi) is 3.91. The summed E-state index contributed by atoms with van der Waals surface area (Å²) in [5.41, 5.74) is 1.54. The maximum Gasteiger partial charge on any atom is 0.260 e. The number of thiophene rings is 1. The minimum Gasteiger partial charge on any atom is -0.310 e. The van der Waals surface area contributed by atoms with Gasteiger partial charge in [0.2, 0.25) is 0 Å². The van der Waals surface area contributed by atoms with E-state index >= 15 is 0 Å². The number of aromatic nitrogens is 2. The van der Waals surface area contributed by atoms with E-state index in [1.54, 1.807) is 12.1 Å². The number of hydrogen-bond acceptors (Lipinski definition) is 3. The molecule has 6 heteroatoms. The van der Waals surface area contributed by atoms with Gasteiger partial charge in [-0.25, -0.2) is 9.37 Å². The zero-order chi connectivity index (χ0) is 15.0. The summed E-state index contributed by atoms with van der Waals surface area (Å²) in [6, 6.07) is 6.18. The lowest BCUT2D eigenvalue weighted by Crippen LogP contribution is -2.11. The van der Waals surface area contributed by atoms with Gasteiger partial charge in [-0.15, -0.1) is 11.3 Å². The molecule has 108 valence electrons. The zero-order valence-corrected chi connectivity index (χ0v) is 13.6. The van der Waals surface area contributed by atoms with Gasteiger partial charge in [0.15, 0.2) is 0 Å². The van der Waals surface area contributed by atoms with E-state index in [1.165, 1.54) is 23.5 Å². The van der Waals surface area contributed by atoms with Gasteiger partial charge in [-0.2, -0.15) is 0 Å². The maximum atomic E-state index is 13.1. The quantitative estimate of drug-likeness (QED) is 0.711. The van der Waals surface area contributed by atoms with Crippen molar-refractivity contribution < 1.29 is 4.39 Å². The highest BCUT2D eigenvalue weighted by molar-refractivity contribution is 9.09. The monoisotopic (exact) mass is 366 g/mol. The molecule has 0 spiro atoms. The van der Waals surface area contributed by atoms with E-state index in [0.29, 0.717) is 17.6 Å². The lowest BCUT2D eigenvalue weighted by Gasteiger charge is -2.02. The Morgan fingerprint density at radius 1 is 1.33 bits per heavy atom. The second-order valence-electron chi connectivity index (χ2n) is 4.67. The predicted octanol–water partition coefficient (Wildman–Crippen LogP) is 4.04. The summed E-state index contributed by atoms with van der Waals surface area (Å²) < 4.78 is 13.1. The van der Waals surface area contributed by atoms with Crippen LogP contribution in [-0.4, -0.2) is 15.3 Å². The average Bonchev–Trinajstić information content (AvgIpc) is 2.77. The highest BCUT2D eigenvalue weighted by Gasteiger charge is 2.16. The number of benzene rings is 1. The number of nitrogens with zero attached hydrogens (tertiary/aromatic N) is 1. The van der Waals surface area contributed by atoms with E-state index in [4.69, 9.17) is 0 Å². The fourth-order valence-electron chi connectivity index (χ4n) is 2.34. The van der Waals surface area contributed by atoms with E-state index in [-0.39, 0.29) is 11.4 Å². The molecule has 2 aromatic heterocycles. The molecule has 0 aliphatic heterocycles. The summed E-state index contributed by atoms with van der Waals surface area (Å²) in [5.74, 6) is 0.388. The number of fused-ring (bicyclic) bond motifs is 1. The van der Waals surface area contributed by atoms with Crippen LogP contribution < -0.4 is 5.56 Å². The SMILES string of the molecule is Cc1sc2nc(CCBr)[nH]c(=O)c2c1-c1ccc(F)cc1. The van der Waals surface area contributed by atoms with Crippen molar-refractivity contribution in [1.29, 1.82) is 0 Å². The van der Waals surface area contributed by atoms with Crippen molar-refractivity contribution in [1.82, 2.24) is 9.97 Å². The fraction of sp³-hybridized carbons (Fsp3) is 0.200. The Balaban J connectivity index is 2.26. The third-order valence-electron chi connectivity index (χ3n) is 3.25. The van der Waals surface area contributed by atoms with Gasteiger partial charge in [0.1, 0.15) is 16.5 Å². The Morgan fingerprint density at radius 2 is 2.05 bits per heavy atom. The van der Waals surface area contributed by atoms with E-state index in [2.05, 4.69) is 25.9 Å². The normalized spacial score (nSPS) is 11.2. The van der Waals surface area contributed by atoms with Crippen LogP contribution in [-0.2, 0) is 6.42 Å². The molecule has 2 heterocycles. The number of aromatic amines is 1. The van der Waals surface area contributed by atoms with Crippen molar-refractivity contribution in [3.8, 4) is 11.1 Å². The van der Waals surface area contributed by atoms with E-state index in [0.717, 1.165) is 26.2 Å². The molecule has 0 aliphatic rings. The first-order valence-electron chi connectivity index (χ1n) is 6.44. The van der Waals surface area contributed by atoms with Gasteiger partial charge in [0.05, 0.1) is 5.39 Å². The van der Waals surface area contributed by atoms with Crippen LogP contribution in [0.5, 0.6) is 0 Å². The van der Waals surface area contributed by atoms with Crippen LogP contribution >= 0.6 is 27.3 Å². The summed E-state index contributed by atoms with van der Waals surface area (Å²) in [6.07, 6.45) is 0.675. The summed E-state index contributed by atoms with van der Waals surface area (Å²) in [5, 5.41) is 1.33. The second-order valence-corrected chi connectivity index (χ2v) is 6.67. The van der Waals surface area contributed by atoms with Crippen molar-refractivity contribution in [2.75, 3.05) is 5.33 Å². The molecule has 0 bridgehead atoms. The minimum absolute atomic E-state index is 0.139. The van der Waals surface area contributed by atoms with Crippen LogP contribution in [0, 0.1) is 12.7 Å². The van der Waals surface area contributed by atoms with E-state index in [9.17, 15) is 9.18 Å².